The Bertz CT molecular complexity index is 1000. The highest BCUT2D eigenvalue weighted by Crippen LogP contribution is 2.38. The van der Waals surface area contributed by atoms with Gasteiger partial charge in [0.05, 0.1) is 27.2 Å². The van der Waals surface area contributed by atoms with Gasteiger partial charge in [-0.15, -0.1) is 0 Å². The summed E-state index contributed by atoms with van der Waals surface area (Å²) in [4.78, 5) is 27.9. The number of hydrogen-bond acceptors (Lipinski definition) is 5. The van der Waals surface area contributed by atoms with Crippen LogP contribution in [0.3, 0.4) is 0 Å². The van der Waals surface area contributed by atoms with E-state index >= 15 is 0 Å². The van der Waals surface area contributed by atoms with E-state index < -0.39 is 0 Å². The van der Waals surface area contributed by atoms with Gasteiger partial charge in [-0.3, -0.25) is 9.59 Å². The topological polar surface area (TPSA) is 77.1 Å². The second kappa shape index (κ2) is 10.8. The first kappa shape index (κ1) is 23.9. The molecule has 34 heavy (non-hydrogen) atoms. The Labute approximate surface area is 201 Å². The van der Waals surface area contributed by atoms with Crippen LogP contribution >= 0.6 is 0 Å². The average Bonchev–Trinajstić information content (AvgIpc) is 3.73. The maximum Gasteiger partial charge on any atom is 0.225 e. The summed E-state index contributed by atoms with van der Waals surface area (Å²) in [6.45, 7) is 1.66. The molecule has 7 heteroatoms. The van der Waals surface area contributed by atoms with Gasteiger partial charge < -0.3 is 24.4 Å². The molecule has 2 aromatic carbocycles. The predicted octanol–water partition coefficient (Wildman–Crippen LogP) is 3.41. The molecule has 7 nitrogen and oxygen atoms in total. The van der Waals surface area contributed by atoms with Crippen LogP contribution < -0.4 is 19.5 Å². The molecule has 1 N–H and O–H groups in total. The molecule has 2 amide bonds. The van der Waals surface area contributed by atoms with Gasteiger partial charge in [-0.2, -0.15) is 0 Å². The maximum atomic E-state index is 13.1. The molecule has 1 heterocycles. The van der Waals surface area contributed by atoms with Gasteiger partial charge in [-0.1, -0.05) is 18.2 Å². The van der Waals surface area contributed by atoms with Crippen LogP contribution in [-0.4, -0.2) is 57.7 Å². The van der Waals surface area contributed by atoms with Gasteiger partial charge in [0.2, 0.25) is 11.8 Å². The lowest BCUT2D eigenvalue weighted by Crippen LogP contribution is -2.48. The van der Waals surface area contributed by atoms with Crippen molar-refractivity contribution in [3.05, 3.63) is 53.6 Å². The van der Waals surface area contributed by atoms with Crippen LogP contribution in [0.15, 0.2) is 42.5 Å². The Hall–Kier alpha value is -3.22. The monoisotopic (exact) mass is 466 g/mol. The first-order valence-electron chi connectivity index (χ1n) is 11.9. The van der Waals surface area contributed by atoms with Crippen molar-refractivity contribution < 1.29 is 23.8 Å². The van der Waals surface area contributed by atoms with E-state index in [2.05, 4.69) is 5.32 Å². The van der Waals surface area contributed by atoms with Gasteiger partial charge in [-0.05, 0) is 61.1 Å². The zero-order valence-electron chi connectivity index (χ0n) is 20.2. The van der Waals surface area contributed by atoms with E-state index in [0.29, 0.717) is 37.6 Å². The van der Waals surface area contributed by atoms with E-state index in [-0.39, 0.29) is 29.6 Å². The number of carbonyl (C=O) groups is 2. The van der Waals surface area contributed by atoms with Crippen LogP contribution in [0.1, 0.15) is 36.3 Å². The SMILES string of the molecule is COc1ccc(CCNC(=O)C2CC(c3ccc(OC)c(OC)c3)CN(C(=O)C3CC3)C2)cc1. The van der Waals surface area contributed by atoms with E-state index in [9.17, 15) is 9.59 Å². The highest BCUT2D eigenvalue weighted by Gasteiger charge is 2.39. The molecule has 1 aliphatic heterocycles. The van der Waals surface area contributed by atoms with Crippen molar-refractivity contribution in [3.63, 3.8) is 0 Å². The Kier molecular flexibility index (Phi) is 7.60. The van der Waals surface area contributed by atoms with E-state index in [1.54, 1.807) is 21.3 Å². The van der Waals surface area contributed by atoms with Gasteiger partial charge in [-0.25, -0.2) is 0 Å². The molecule has 182 valence electrons. The van der Waals surface area contributed by atoms with Gasteiger partial charge in [0, 0.05) is 31.5 Å². The summed E-state index contributed by atoms with van der Waals surface area (Å²) in [6, 6.07) is 13.7. The summed E-state index contributed by atoms with van der Waals surface area (Å²) in [5, 5.41) is 3.09. The molecule has 2 atom stereocenters. The average molecular weight is 467 g/mol. The fraction of sp³-hybridized carbons (Fsp3) is 0.481. The van der Waals surface area contributed by atoms with E-state index in [1.807, 2.05) is 47.4 Å². The molecule has 2 fully saturated rings. The number of amides is 2. The molecule has 0 aromatic heterocycles. The lowest BCUT2D eigenvalue weighted by molar-refractivity contribution is -0.137. The molecule has 1 saturated heterocycles. The number of nitrogens with zero attached hydrogens (tertiary/aromatic N) is 1. The molecular formula is C27H34N2O5. The number of methoxy groups -OCH3 is 3. The van der Waals surface area contributed by atoms with Gasteiger partial charge in [0.1, 0.15) is 5.75 Å². The van der Waals surface area contributed by atoms with Crippen LogP contribution in [0, 0.1) is 11.8 Å². The van der Waals surface area contributed by atoms with Crippen molar-refractivity contribution in [2.45, 2.75) is 31.6 Å². The predicted molar refractivity (Wildman–Crippen MR) is 129 cm³/mol. The quantitative estimate of drug-likeness (QED) is 0.613. The van der Waals surface area contributed by atoms with E-state index in [4.69, 9.17) is 14.2 Å². The third-order valence-corrected chi connectivity index (χ3v) is 6.81. The Morgan fingerprint density at radius 3 is 2.29 bits per heavy atom. The molecule has 0 bridgehead atoms. The van der Waals surface area contributed by atoms with E-state index in [1.165, 1.54) is 0 Å². The van der Waals surface area contributed by atoms with Gasteiger partial charge >= 0.3 is 0 Å². The van der Waals surface area contributed by atoms with Crippen molar-refractivity contribution in [3.8, 4) is 17.2 Å². The first-order chi connectivity index (χ1) is 16.5. The van der Waals surface area contributed by atoms with Crippen LogP contribution in [0.5, 0.6) is 17.2 Å². The second-order valence-corrected chi connectivity index (χ2v) is 9.15. The maximum absolute atomic E-state index is 13.1. The highest BCUT2D eigenvalue weighted by molar-refractivity contribution is 5.83. The van der Waals surface area contributed by atoms with Crippen LogP contribution in [0.4, 0.5) is 0 Å². The Morgan fingerprint density at radius 1 is 0.912 bits per heavy atom. The molecular weight excluding hydrogens is 432 g/mol. The smallest absolute Gasteiger partial charge is 0.225 e. The van der Waals surface area contributed by atoms with Crippen molar-refractivity contribution in [2.75, 3.05) is 41.0 Å². The minimum absolute atomic E-state index is 0.00675. The molecule has 2 aliphatic rings. The fourth-order valence-corrected chi connectivity index (χ4v) is 4.67. The summed E-state index contributed by atoms with van der Waals surface area (Å²) in [5.74, 6) is 2.28. The summed E-state index contributed by atoms with van der Waals surface area (Å²) in [7, 11) is 4.87. The molecule has 2 unspecified atom stereocenters. The van der Waals surface area contributed by atoms with Crippen molar-refractivity contribution >= 4 is 11.8 Å². The molecule has 1 aliphatic carbocycles. The molecule has 0 spiro atoms. The fourth-order valence-electron chi connectivity index (χ4n) is 4.67. The molecule has 2 aromatic rings. The zero-order valence-corrected chi connectivity index (χ0v) is 20.2. The largest absolute Gasteiger partial charge is 0.497 e. The number of rotatable bonds is 9. The van der Waals surface area contributed by atoms with Crippen molar-refractivity contribution in [1.29, 1.82) is 0 Å². The third-order valence-electron chi connectivity index (χ3n) is 6.81. The first-order valence-corrected chi connectivity index (χ1v) is 11.9. The zero-order chi connectivity index (χ0) is 24.1. The summed E-state index contributed by atoms with van der Waals surface area (Å²) < 4.78 is 16.1. The second-order valence-electron chi connectivity index (χ2n) is 9.15. The number of hydrogen-bond donors (Lipinski definition) is 1. The minimum Gasteiger partial charge on any atom is -0.497 e. The molecule has 1 saturated carbocycles. The highest BCUT2D eigenvalue weighted by atomic mass is 16.5. The van der Waals surface area contributed by atoms with Crippen LogP contribution in [0.25, 0.3) is 0 Å². The number of likely N-dealkylation sites (tertiary alicyclic amines) is 1. The molecule has 0 radical (unpaired) electrons. The van der Waals surface area contributed by atoms with E-state index in [0.717, 1.165) is 36.1 Å². The third kappa shape index (κ3) is 5.64. The number of ether oxygens (including phenoxy) is 3. The normalized spacial score (nSPS) is 19.9. The summed E-state index contributed by atoms with van der Waals surface area (Å²) in [5.41, 5.74) is 2.19. The van der Waals surface area contributed by atoms with Crippen LogP contribution in [0.2, 0.25) is 0 Å². The summed E-state index contributed by atoms with van der Waals surface area (Å²) in [6.07, 6.45) is 3.34. The Balaban J connectivity index is 1.43. The van der Waals surface area contributed by atoms with Crippen molar-refractivity contribution in [2.24, 2.45) is 11.8 Å². The number of benzene rings is 2. The lowest BCUT2D eigenvalue weighted by atomic mass is 9.83. The number of nitrogens with one attached hydrogen (secondary N) is 1. The number of carbonyl (C=O) groups excluding carboxylic acids is 2. The van der Waals surface area contributed by atoms with Crippen LogP contribution in [-0.2, 0) is 16.0 Å². The van der Waals surface area contributed by atoms with Gasteiger partial charge in [0.15, 0.2) is 11.5 Å². The van der Waals surface area contributed by atoms with Gasteiger partial charge in [0.25, 0.3) is 0 Å². The Morgan fingerprint density at radius 2 is 1.65 bits per heavy atom. The molecule has 4 rings (SSSR count). The summed E-state index contributed by atoms with van der Waals surface area (Å²) >= 11 is 0. The standard InChI is InChI=1S/C27H34N2O5/c1-32-23-9-4-18(5-10-23)12-13-28-26(30)22-14-21(16-29(17-22)27(31)19-6-7-19)20-8-11-24(33-2)25(15-20)34-3/h4-5,8-11,15,19,21-22H,6-7,12-14,16-17H2,1-3H3,(H,28,30). The lowest BCUT2D eigenvalue weighted by Gasteiger charge is -2.37. The minimum atomic E-state index is -0.245. The number of piperidine rings is 1. The van der Waals surface area contributed by atoms with Crippen molar-refractivity contribution in [1.82, 2.24) is 10.2 Å².